The number of carboxylic acid groups (broad SMARTS) is 1. The highest BCUT2D eigenvalue weighted by Gasteiger charge is 2.16. The highest BCUT2D eigenvalue weighted by Crippen LogP contribution is 2.22. The van der Waals surface area contributed by atoms with Crippen LogP contribution in [0.3, 0.4) is 0 Å². The fraction of sp³-hybridized carbons (Fsp3) is 0. The van der Waals surface area contributed by atoms with Crippen LogP contribution in [0.2, 0.25) is 0 Å². The topological polar surface area (TPSA) is 68.0 Å². The summed E-state index contributed by atoms with van der Waals surface area (Å²) in [6.45, 7) is 0. The Bertz CT molecular complexity index is 782. The molecule has 1 aromatic carbocycles. The van der Waals surface area contributed by atoms with Gasteiger partial charge in [-0.3, -0.25) is 4.98 Å². The maximum atomic E-state index is 11.2. The quantitative estimate of drug-likeness (QED) is 0.710. The van der Waals surface area contributed by atoms with Crippen LogP contribution >= 0.6 is 22.6 Å². The molecule has 0 aliphatic heterocycles. The van der Waals surface area contributed by atoms with Crippen molar-refractivity contribution in [3.05, 3.63) is 52.0 Å². The van der Waals surface area contributed by atoms with Gasteiger partial charge in [0.25, 0.3) is 0 Å². The summed E-state index contributed by atoms with van der Waals surface area (Å²) in [6, 6.07) is 9.35. The molecule has 2 heterocycles. The van der Waals surface area contributed by atoms with Gasteiger partial charge in [0.1, 0.15) is 0 Å². The second-order valence-electron chi connectivity index (χ2n) is 3.94. The molecule has 0 saturated carbocycles. The first kappa shape index (κ1) is 12.1. The van der Waals surface area contributed by atoms with Crippen molar-refractivity contribution < 1.29 is 9.90 Å². The summed E-state index contributed by atoms with van der Waals surface area (Å²) in [4.78, 5) is 15.3. The van der Waals surface area contributed by atoms with Gasteiger partial charge >= 0.3 is 5.97 Å². The minimum atomic E-state index is -1.04. The number of hydrogen-bond donors (Lipinski definition) is 1. The summed E-state index contributed by atoms with van der Waals surface area (Å²) < 4.78 is 2.66. The van der Waals surface area contributed by atoms with Crippen molar-refractivity contribution in [2.24, 2.45) is 0 Å². The molecule has 6 heteroatoms. The van der Waals surface area contributed by atoms with E-state index in [9.17, 15) is 9.90 Å². The molecule has 3 rings (SSSR count). The Morgan fingerprint density at radius 1 is 1.32 bits per heavy atom. The summed E-state index contributed by atoms with van der Waals surface area (Å²) >= 11 is 2.20. The lowest BCUT2D eigenvalue weighted by atomic mass is 10.2. The Morgan fingerprint density at radius 3 is 2.89 bits per heavy atom. The maximum Gasteiger partial charge on any atom is 0.357 e. The predicted octanol–water partition coefficient (Wildman–Crippen LogP) is 2.72. The lowest BCUT2D eigenvalue weighted by molar-refractivity contribution is 0.0692. The van der Waals surface area contributed by atoms with Crippen LogP contribution in [-0.2, 0) is 0 Å². The van der Waals surface area contributed by atoms with Gasteiger partial charge in [0.05, 0.1) is 17.4 Å². The van der Waals surface area contributed by atoms with Crippen molar-refractivity contribution in [1.82, 2.24) is 14.8 Å². The molecule has 0 spiro atoms. The third-order valence-electron chi connectivity index (χ3n) is 2.74. The standard InChI is InChI=1S/C13H8IN3O2/c14-8-2-1-3-9(6-8)17-11-7-15-5-4-10(11)12(16-17)13(18)19/h1-7H,(H,18,19). The number of pyridine rings is 1. The minimum absolute atomic E-state index is 0.0382. The number of nitrogens with zero attached hydrogens (tertiary/aromatic N) is 3. The minimum Gasteiger partial charge on any atom is -0.476 e. The van der Waals surface area contributed by atoms with Gasteiger partial charge in [-0.15, -0.1) is 0 Å². The number of aromatic carboxylic acids is 1. The van der Waals surface area contributed by atoms with Crippen molar-refractivity contribution in [3.63, 3.8) is 0 Å². The number of carboxylic acids is 1. The fourth-order valence-corrected chi connectivity index (χ4v) is 2.45. The van der Waals surface area contributed by atoms with Crippen molar-refractivity contribution in [1.29, 1.82) is 0 Å². The number of halogens is 1. The molecular formula is C13H8IN3O2. The molecule has 19 heavy (non-hydrogen) atoms. The number of carbonyl (C=O) groups is 1. The first-order valence-electron chi connectivity index (χ1n) is 5.49. The van der Waals surface area contributed by atoms with Crippen molar-refractivity contribution in [2.75, 3.05) is 0 Å². The number of fused-ring (bicyclic) bond motifs is 1. The molecule has 0 atom stereocenters. The van der Waals surface area contributed by atoms with E-state index in [2.05, 4.69) is 32.7 Å². The summed E-state index contributed by atoms with van der Waals surface area (Å²) in [5.41, 5.74) is 1.54. The van der Waals surface area contributed by atoms with Crippen LogP contribution < -0.4 is 0 Å². The molecule has 1 N–H and O–H groups in total. The van der Waals surface area contributed by atoms with Crippen molar-refractivity contribution >= 4 is 39.5 Å². The molecule has 5 nitrogen and oxygen atoms in total. The van der Waals surface area contributed by atoms with E-state index in [1.807, 2.05) is 24.3 Å². The SMILES string of the molecule is O=C(O)c1nn(-c2cccc(I)c2)c2cnccc12. The molecule has 0 aliphatic carbocycles. The predicted molar refractivity (Wildman–Crippen MR) is 78.5 cm³/mol. The third-order valence-corrected chi connectivity index (χ3v) is 3.41. The Morgan fingerprint density at radius 2 is 2.16 bits per heavy atom. The van der Waals surface area contributed by atoms with Gasteiger partial charge in [0.15, 0.2) is 5.69 Å². The Labute approximate surface area is 122 Å². The summed E-state index contributed by atoms with van der Waals surface area (Å²) in [7, 11) is 0. The molecule has 0 unspecified atom stereocenters. The molecule has 0 amide bonds. The van der Waals surface area contributed by atoms with Gasteiger partial charge in [0.2, 0.25) is 0 Å². The molecular weight excluding hydrogens is 357 g/mol. The van der Waals surface area contributed by atoms with Crippen LogP contribution in [0.4, 0.5) is 0 Å². The molecule has 3 aromatic rings. The van der Waals surface area contributed by atoms with E-state index in [0.717, 1.165) is 9.26 Å². The van der Waals surface area contributed by atoms with Crippen LogP contribution in [0.5, 0.6) is 0 Å². The van der Waals surface area contributed by atoms with Crippen LogP contribution in [0.15, 0.2) is 42.7 Å². The van der Waals surface area contributed by atoms with Crippen molar-refractivity contribution in [2.45, 2.75) is 0 Å². The first-order chi connectivity index (χ1) is 9.16. The van der Waals surface area contributed by atoms with Gasteiger partial charge in [0, 0.05) is 15.2 Å². The van der Waals surface area contributed by atoms with Gasteiger partial charge in [-0.1, -0.05) is 6.07 Å². The highest BCUT2D eigenvalue weighted by molar-refractivity contribution is 14.1. The van der Waals surface area contributed by atoms with E-state index in [4.69, 9.17) is 0 Å². The van der Waals surface area contributed by atoms with Crippen LogP contribution in [0.1, 0.15) is 10.5 Å². The number of hydrogen-bond acceptors (Lipinski definition) is 3. The zero-order valence-corrected chi connectivity index (χ0v) is 11.8. The van der Waals surface area contributed by atoms with Crippen LogP contribution in [0, 0.1) is 3.57 Å². The van der Waals surface area contributed by atoms with E-state index in [1.54, 1.807) is 23.1 Å². The summed E-state index contributed by atoms with van der Waals surface area (Å²) in [5.74, 6) is -1.04. The Balaban J connectivity index is 2.33. The number of aromatic nitrogens is 3. The van der Waals surface area contributed by atoms with E-state index in [-0.39, 0.29) is 5.69 Å². The molecule has 0 fully saturated rings. The lowest BCUT2D eigenvalue weighted by Gasteiger charge is -2.03. The smallest absolute Gasteiger partial charge is 0.357 e. The first-order valence-corrected chi connectivity index (χ1v) is 6.56. The Hall–Kier alpha value is -1.96. The van der Waals surface area contributed by atoms with E-state index in [0.29, 0.717) is 10.9 Å². The molecule has 0 radical (unpaired) electrons. The van der Waals surface area contributed by atoms with Crippen LogP contribution in [-0.4, -0.2) is 25.8 Å². The largest absolute Gasteiger partial charge is 0.476 e. The second kappa shape index (κ2) is 4.61. The summed E-state index contributed by atoms with van der Waals surface area (Å²) in [5, 5.41) is 14.0. The average Bonchev–Trinajstić information content (AvgIpc) is 2.78. The molecule has 2 aromatic heterocycles. The third kappa shape index (κ3) is 2.07. The molecule has 94 valence electrons. The molecule has 0 bridgehead atoms. The van der Waals surface area contributed by atoms with E-state index >= 15 is 0 Å². The fourth-order valence-electron chi connectivity index (χ4n) is 1.93. The zero-order chi connectivity index (χ0) is 13.4. The Kier molecular flexibility index (Phi) is 2.94. The zero-order valence-electron chi connectivity index (χ0n) is 9.62. The van der Waals surface area contributed by atoms with Gasteiger partial charge in [-0.25, -0.2) is 9.48 Å². The number of benzene rings is 1. The van der Waals surface area contributed by atoms with Gasteiger partial charge in [-0.05, 0) is 46.9 Å². The summed E-state index contributed by atoms with van der Waals surface area (Å²) in [6.07, 6.45) is 3.18. The second-order valence-corrected chi connectivity index (χ2v) is 5.18. The van der Waals surface area contributed by atoms with Crippen LogP contribution in [0.25, 0.3) is 16.6 Å². The monoisotopic (exact) mass is 365 g/mol. The maximum absolute atomic E-state index is 11.2. The number of rotatable bonds is 2. The van der Waals surface area contributed by atoms with Crippen molar-refractivity contribution in [3.8, 4) is 5.69 Å². The van der Waals surface area contributed by atoms with E-state index < -0.39 is 5.97 Å². The van der Waals surface area contributed by atoms with Gasteiger partial charge in [-0.2, -0.15) is 5.10 Å². The highest BCUT2D eigenvalue weighted by atomic mass is 127. The van der Waals surface area contributed by atoms with E-state index in [1.165, 1.54) is 0 Å². The lowest BCUT2D eigenvalue weighted by Crippen LogP contribution is -2.01. The molecule has 0 saturated heterocycles. The molecule has 0 aliphatic rings. The normalized spacial score (nSPS) is 10.8. The van der Waals surface area contributed by atoms with Gasteiger partial charge < -0.3 is 5.11 Å². The average molecular weight is 365 g/mol.